The van der Waals surface area contributed by atoms with E-state index in [-0.39, 0.29) is 4.90 Å². The normalized spacial score (nSPS) is 22.4. The Hall–Kier alpha value is -1.68. The van der Waals surface area contributed by atoms with Crippen molar-refractivity contribution in [3.05, 3.63) is 24.3 Å². The van der Waals surface area contributed by atoms with Gasteiger partial charge in [-0.15, -0.1) is 0 Å². The number of nitrogens with zero attached hydrogens (tertiary/aromatic N) is 2. The van der Waals surface area contributed by atoms with Crippen molar-refractivity contribution in [1.29, 1.82) is 0 Å². The molecule has 3 rings (SSSR count). The number of carbonyl (C=O) groups is 1. The lowest BCUT2D eigenvalue weighted by atomic mass is 10.2. The van der Waals surface area contributed by atoms with E-state index in [0.29, 0.717) is 51.6 Å². The molecule has 8 nitrogen and oxygen atoms in total. The van der Waals surface area contributed by atoms with Crippen LogP contribution in [0.5, 0.6) is 5.75 Å². The van der Waals surface area contributed by atoms with Gasteiger partial charge in [-0.3, -0.25) is 9.69 Å². The molecule has 144 valence electrons. The van der Waals surface area contributed by atoms with Crippen LogP contribution in [0, 0.1) is 0 Å². The fourth-order valence-electron chi connectivity index (χ4n) is 3.30. The molecule has 0 aromatic heterocycles. The maximum atomic E-state index is 12.6. The number of hydrogen-bond donors (Lipinski definition) is 1. The molecule has 9 heteroatoms. The summed E-state index contributed by atoms with van der Waals surface area (Å²) in [4.78, 5) is 13.3. The van der Waals surface area contributed by atoms with Gasteiger partial charge in [0.05, 0.1) is 18.1 Å². The number of morpholine rings is 1. The highest BCUT2D eigenvalue weighted by Gasteiger charge is 2.30. The second kappa shape index (κ2) is 8.34. The second-order valence-corrected chi connectivity index (χ2v) is 8.31. The Morgan fingerprint density at radius 2 is 1.88 bits per heavy atom. The third kappa shape index (κ3) is 4.35. The maximum absolute atomic E-state index is 12.6. The van der Waals surface area contributed by atoms with Crippen molar-refractivity contribution in [3.8, 4) is 5.75 Å². The second-order valence-electron chi connectivity index (χ2n) is 6.37. The number of likely N-dealkylation sites (tertiary alicyclic amines) is 1. The Morgan fingerprint density at radius 3 is 2.54 bits per heavy atom. The van der Waals surface area contributed by atoms with Crippen LogP contribution in [0.15, 0.2) is 29.2 Å². The lowest BCUT2D eigenvalue weighted by molar-refractivity contribution is -0.142. The first-order chi connectivity index (χ1) is 12.5. The molecule has 1 aromatic carbocycles. The van der Waals surface area contributed by atoms with E-state index < -0.39 is 22.0 Å². The highest BCUT2D eigenvalue weighted by molar-refractivity contribution is 7.89. The summed E-state index contributed by atoms with van der Waals surface area (Å²) in [6.45, 7) is 3.20. The minimum atomic E-state index is -3.50. The molecule has 26 heavy (non-hydrogen) atoms. The average molecular weight is 384 g/mol. The molecule has 0 saturated carbocycles. The van der Waals surface area contributed by atoms with Gasteiger partial charge in [-0.2, -0.15) is 4.31 Å². The lowest BCUT2D eigenvalue weighted by Crippen LogP contribution is -2.40. The topological polar surface area (TPSA) is 96.4 Å². The first-order valence-electron chi connectivity index (χ1n) is 8.76. The minimum Gasteiger partial charge on any atom is -0.492 e. The summed E-state index contributed by atoms with van der Waals surface area (Å²) >= 11 is 0. The van der Waals surface area contributed by atoms with Gasteiger partial charge in [0.1, 0.15) is 18.4 Å². The zero-order chi connectivity index (χ0) is 18.6. The third-order valence-electron chi connectivity index (χ3n) is 4.73. The van der Waals surface area contributed by atoms with Crippen molar-refractivity contribution in [2.24, 2.45) is 0 Å². The minimum absolute atomic E-state index is 0.234. The number of hydrogen-bond acceptors (Lipinski definition) is 6. The first-order valence-corrected chi connectivity index (χ1v) is 10.2. The number of carboxylic acids is 1. The average Bonchev–Trinajstić information content (AvgIpc) is 3.12. The van der Waals surface area contributed by atoms with Crippen LogP contribution in [-0.4, -0.2) is 80.7 Å². The molecule has 1 aromatic rings. The van der Waals surface area contributed by atoms with Crippen molar-refractivity contribution in [2.75, 3.05) is 46.0 Å². The van der Waals surface area contributed by atoms with Crippen LogP contribution in [-0.2, 0) is 19.6 Å². The van der Waals surface area contributed by atoms with Gasteiger partial charge in [-0.1, -0.05) is 0 Å². The van der Waals surface area contributed by atoms with Crippen LogP contribution in [0.2, 0.25) is 0 Å². The number of ether oxygens (including phenoxy) is 2. The van der Waals surface area contributed by atoms with E-state index in [1.54, 1.807) is 12.1 Å². The number of benzene rings is 1. The molecule has 1 unspecified atom stereocenters. The van der Waals surface area contributed by atoms with E-state index in [2.05, 4.69) is 0 Å². The zero-order valence-electron chi connectivity index (χ0n) is 14.5. The highest BCUT2D eigenvalue weighted by atomic mass is 32.2. The van der Waals surface area contributed by atoms with Gasteiger partial charge in [-0.25, -0.2) is 8.42 Å². The molecule has 2 aliphatic rings. The Bertz CT molecular complexity index is 715. The summed E-state index contributed by atoms with van der Waals surface area (Å²) in [5, 5.41) is 9.16. The predicted octanol–water partition coefficient (Wildman–Crippen LogP) is 0.635. The molecular formula is C17H24N2O6S. The van der Waals surface area contributed by atoms with Gasteiger partial charge in [0, 0.05) is 19.6 Å². The fraction of sp³-hybridized carbons (Fsp3) is 0.588. The van der Waals surface area contributed by atoms with Gasteiger partial charge in [0.15, 0.2) is 0 Å². The summed E-state index contributed by atoms with van der Waals surface area (Å²) in [5.74, 6) is -0.225. The van der Waals surface area contributed by atoms with E-state index in [4.69, 9.17) is 14.6 Å². The Labute approximate surface area is 153 Å². The van der Waals surface area contributed by atoms with Gasteiger partial charge in [-0.05, 0) is 43.7 Å². The van der Waals surface area contributed by atoms with Crippen molar-refractivity contribution in [1.82, 2.24) is 9.21 Å². The Balaban J connectivity index is 1.54. The quantitative estimate of drug-likeness (QED) is 0.737. The third-order valence-corrected chi connectivity index (χ3v) is 6.64. The van der Waals surface area contributed by atoms with Crippen molar-refractivity contribution < 1.29 is 27.8 Å². The lowest BCUT2D eigenvalue weighted by Gasteiger charge is -2.26. The fourth-order valence-corrected chi connectivity index (χ4v) is 4.71. The van der Waals surface area contributed by atoms with Crippen molar-refractivity contribution >= 4 is 16.0 Å². The van der Waals surface area contributed by atoms with Crippen LogP contribution in [0.1, 0.15) is 12.8 Å². The zero-order valence-corrected chi connectivity index (χ0v) is 15.4. The van der Waals surface area contributed by atoms with Gasteiger partial charge < -0.3 is 14.6 Å². The van der Waals surface area contributed by atoms with Gasteiger partial charge in [0.25, 0.3) is 0 Å². The van der Waals surface area contributed by atoms with E-state index in [1.165, 1.54) is 16.4 Å². The van der Waals surface area contributed by atoms with Crippen LogP contribution in [0.4, 0.5) is 0 Å². The maximum Gasteiger partial charge on any atom is 0.320 e. The molecule has 0 aliphatic carbocycles. The van der Waals surface area contributed by atoms with Crippen LogP contribution in [0.3, 0.4) is 0 Å². The molecule has 0 spiro atoms. The summed E-state index contributed by atoms with van der Waals surface area (Å²) in [6.07, 6.45) is 1.55. The standard InChI is InChI=1S/C17H24N2O6S/c20-17(21)16-2-1-7-18(16)8-13-25-14-3-5-15(6-4-14)26(22,23)19-9-11-24-12-10-19/h3-6,16H,1-2,7-13H2,(H,20,21). The molecule has 1 N–H and O–H groups in total. The van der Waals surface area contributed by atoms with Gasteiger partial charge in [0.2, 0.25) is 10.0 Å². The molecule has 0 bridgehead atoms. The molecule has 2 saturated heterocycles. The van der Waals surface area contributed by atoms with Crippen LogP contribution in [0.25, 0.3) is 0 Å². The molecular weight excluding hydrogens is 360 g/mol. The van der Waals surface area contributed by atoms with E-state index in [9.17, 15) is 13.2 Å². The highest BCUT2D eigenvalue weighted by Crippen LogP contribution is 2.21. The number of aliphatic carboxylic acids is 1. The van der Waals surface area contributed by atoms with Crippen molar-refractivity contribution in [3.63, 3.8) is 0 Å². The van der Waals surface area contributed by atoms with Crippen LogP contribution >= 0.6 is 0 Å². The Morgan fingerprint density at radius 1 is 1.19 bits per heavy atom. The number of sulfonamides is 1. The van der Waals surface area contributed by atoms with E-state index >= 15 is 0 Å². The smallest absolute Gasteiger partial charge is 0.320 e. The molecule has 0 amide bonds. The monoisotopic (exact) mass is 384 g/mol. The molecule has 0 radical (unpaired) electrons. The van der Waals surface area contributed by atoms with E-state index in [0.717, 1.165) is 13.0 Å². The SMILES string of the molecule is O=C(O)C1CCCN1CCOc1ccc(S(=O)(=O)N2CCOCC2)cc1. The summed E-state index contributed by atoms with van der Waals surface area (Å²) in [6, 6.07) is 5.91. The largest absolute Gasteiger partial charge is 0.492 e. The Kier molecular flexibility index (Phi) is 6.13. The summed E-state index contributed by atoms with van der Waals surface area (Å²) in [7, 11) is -3.50. The number of carboxylic acid groups (broad SMARTS) is 1. The molecule has 2 fully saturated rings. The summed E-state index contributed by atoms with van der Waals surface area (Å²) < 4.78 is 37.4. The number of rotatable bonds is 7. The molecule has 2 aliphatic heterocycles. The summed E-state index contributed by atoms with van der Waals surface area (Å²) in [5.41, 5.74) is 0. The molecule has 2 heterocycles. The van der Waals surface area contributed by atoms with Crippen molar-refractivity contribution in [2.45, 2.75) is 23.8 Å². The van der Waals surface area contributed by atoms with Crippen LogP contribution < -0.4 is 4.74 Å². The predicted molar refractivity (Wildman–Crippen MR) is 93.7 cm³/mol. The van der Waals surface area contributed by atoms with E-state index in [1.807, 2.05) is 4.90 Å². The first kappa shape index (κ1) is 19.1. The molecule has 1 atom stereocenters. The van der Waals surface area contributed by atoms with Gasteiger partial charge >= 0.3 is 5.97 Å².